The van der Waals surface area contributed by atoms with Crippen molar-refractivity contribution in [1.29, 1.82) is 5.26 Å². The lowest BCUT2D eigenvalue weighted by Crippen LogP contribution is -2.11. The Balaban J connectivity index is 1.52. The summed E-state index contributed by atoms with van der Waals surface area (Å²) in [6.07, 6.45) is 4.51. The van der Waals surface area contributed by atoms with Crippen LogP contribution in [0.15, 0.2) is 77.4 Å². The SMILES string of the molecule is N#CCOc1ccc(/C=C/C(=O)Nc2ccc(NC(=O)c3ccco3)cc2)cc1. The normalized spacial score (nSPS) is 10.3. The topological polar surface area (TPSA) is 104 Å². The molecular formula is C22H17N3O4. The van der Waals surface area contributed by atoms with Crippen LogP contribution in [-0.2, 0) is 4.79 Å². The average Bonchev–Trinajstić information content (AvgIpc) is 3.28. The molecule has 0 spiro atoms. The number of nitrogens with one attached hydrogen (secondary N) is 2. The van der Waals surface area contributed by atoms with E-state index < -0.39 is 0 Å². The predicted octanol–water partition coefficient (Wildman–Crippen LogP) is 4.09. The first-order valence-electron chi connectivity index (χ1n) is 8.68. The highest BCUT2D eigenvalue weighted by atomic mass is 16.5. The van der Waals surface area contributed by atoms with Crippen LogP contribution in [0.3, 0.4) is 0 Å². The molecule has 3 aromatic rings. The lowest BCUT2D eigenvalue weighted by atomic mass is 10.2. The molecule has 1 heterocycles. The molecule has 144 valence electrons. The summed E-state index contributed by atoms with van der Waals surface area (Å²) in [6, 6.07) is 18.9. The van der Waals surface area contributed by atoms with Gasteiger partial charge in [-0.15, -0.1) is 0 Å². The molecule has 0 saturated carbocycles. The molecule has 2 aromatic carbocycles. The van der Waals surface area contributed by atoms with Gasteiger partial charge in [-0.2, -0.15) is 5.26 Å². The van der Waals surface area contributed by atoms with Crippen molar-refractivity contribution in [3.8, 4) is 11.8 Å². The number of ether oxygens (including phenoxy) is 1. The highest BCUT2D eigenvalue weighted by molar-refractivity contribution is 6.03. The molecule has 0 unspecified atom stereocenters. The summed E-state index contributed by atoms with van der Waals surface area (Å²) in [5.74, 6) is 0.172. The lowest BCUT2D eigenvalue weighted by Gasteiger charge is -2.06. The first-order valence-corrected chi connectivity index (χ1v) is 8.68. The minimum atomic E-state index is -0.348. The molecule has 0 radical (unpaired) electrons. The van der Waals surface area contributed by atoms with Gasteiger partial charge in [0.2, 0.25) is 5.91 Å². The van der Waals surface area contributed by atoms with E-state index in [1.807, 2.05) is 6.07 Å². The van der Waals surface area contributed by atoms with Crippen LogP contribution in [0.4, 0.5) is 11.4 Å². The fourth-order valence-corrected chi connectivity index (χ4v) is 2.38. The summed E-state index contributed by atoms with van der Waals surface area (Å²) in [6.45, 7) is -0.0110. The third-order valence-corrected chi connectivity index (χ3v) is 3.77. The van der Waals surface area contributed by atoms with Gasteiger partial charge in [0, 0.05) is 17.5 Å². The third kappa shape index (κ3) is 5.84. The number of anilines is 2. The van der Waals surface area contributed by atoms with E-state index in [9.17, 15) is 9.59 Å². The summed E-state index contributed by atoms with van der Waals surface area (Å²) in [4.78, 5) is 24.0. The number of carbonyl (C=O) groups excluding carboxylic acids is 2. The van der Waals surface area contributed by atoms with E-state index in [0.29, 0.717) is 17.1 Å². The van der Waals surface area contributed by atoms with Crippen LogP contribution in [0.2, 0.25) is 0 Å². The van der Waals surface area contributed by atoms with E-state index in [1.54, 1.807) is 66.7 Å². The Morgan fingerprint density at radius 1 is 1.00 bits per heavy atom. The van der Waals surface area contributed by atoms with E-state index in [1.165, 1.54) is 12.3 Å². The Labute approximate surface area is 167 Å². The molecule has 0 aliphatic carbocycles. The van der Waals surface area contributed by atoms with Crippen molar-refractivity contribution in [3.63, 3.8) is 0 Å². The quantitative estimate of drug-likeness (QED) is 0.594. The minimum absolute atomic E-state index is 0.0110. The molecular weight excluding hydrogens is 370 g/mol. The summed E-state index contributed by atoms with van der Waals surface area (Å²) in [5, 5.41) is 13.9. The van der Waals surface area contributed by atoms with E-state index in [4.69, 9.17) is 14.4 Å². The fourth-order valence-electron chi connectivity index (χ4n) is 2.38. The molecule has 1 aromatic heterocycles. The van der Waals surface area contributed by atoms with Crippen molar-refractivity contribution >= 4 is 29.3 Å². The zero-order chi connectivity index (χ0) is 20.5. The number of hydrogen-bond donors (Lipinski definition) is 2. The van der Waals surface area contributed by atoms with Crippen molar-refractivity contribution in [1.82, 2.24) is 0 Å². The van der Waals surface area contributed by atoms with Crippen molar-refractivity contribution < 1.29 is 18.7 Å². The first kappa shape index (κ1) is 19.5. The summed E-state index contributed by atoms with van der Waals surface area (Å²) in [7, 11) is 0. The van der Waals surface area contributed by atoms with Crippen molar-refractivity contribution in [2.24, 2.45) is 0 Å². The molecule has 0 fully saturated rings. The van der Waals surface area contributed by atoms with Gasteiger partial charge < -0.3 is 19.8 Å². The zero-order valence-corrected chi connectivity index (χ0v) is 15.3. The number of hydrogen-bond acceptors (Lipinski definition) is 5. The van der Waals surface area contributed by atoms with Gasteiger partial charge >= 0.3 is 0 Å². The van der Waals surface area contributed by atoms with E-state index in [0.717, 1.165) is 5.56 Å². The standard InChI is InChI=1S/C22H17N3O4/c23-13-15-28-19-10-3-16(4-11-19)5-12-21(26)24-17-6-8-18(9-7-17)25-22(27)20-2-1-14-29-20/h1-12,14H,15H2,(H,24,26)(H,25,27)/b12-5+. The average molecular weight is 387 g/mol. The molecule has 0 saturated heterocycles. The molecule has 0 aliphatic heterocycles. The zero-order valence-electron chi connectivity index (χ0n) is 15.3. The lowest BCUT2D eigenvalue weighted by molar-refractivity contribution is -0.111. The van der Waals surface area contributed by atoms with Gasteiger partial charge in [0.1, 0.15) is 11.8 Å². The van der Waals surface area contributed by atoms with Crippen LogP contribution >= 0.6 is 0 Å². The first-order chi connectivity index (χ1) is 14.1. The second-order valence-electron chi connectivity index (χ2n) is 5.85. The highest BCUT2D eigenvalue weighted by Crippen LogP contribution is 2.16. The second kappa shape index (κ2) is 9.58. The Morgan fingerprint density at radius 2 is 1.69 bits per heavy atom. The molecule has 7 heteroatoms. The molecule has 3 rings (SSSR count). The molecule has 0 bridgehead atoms. The van der Waals surface area contributed by atoms with Gasteiger partial charge in [0.05, 0.1) is 6.26 Å². The number of benzene rings is 2. The second-order valence-corrected chi connectivity index (χ2v) is 5.85. The fraction of sp³-hybridized carbons (Fsp3) is 0.0455. The minimum Gasteiger partial charge on any atom is -0.479 e. The molecule has 29 heavy (non-hydrogen) atoms. The number of carbonyl (C=O) groups is 2. The maximum atomic E-state index is 12.1. The smallest absolute Gasteiger partial charge is 0.291 e. The van der Waals surface area contributed by atoms with Crippen LogP contribution in [0, 0.1) is 11.3 Å². The van der Waals surface area contributed by atoms with Gasteiger partial charge in [0.25, 0.3) is 5.91 Å². The molecule has 0 atom stereocenters. The molecule has 7 nitrogen and oxygen atoms in total. The highest BCUT2D eigenvalue weighted by Gasteiger charge is 2.08. The van der Waals surface area contributed by atoms with Crippen molar-refractivity contribution in [3.05, 3.63) is 84.3 Å². The van der Waals surface area contributed by atoms with E-state index in [2.05, 4.69) is 10.6 Å². The number of nitrogens with zero attached hydrogens (tertiary/aromatic N) is 1. The Kier molecular flexibility index (Phi) is 6.42. The molecule has 2 N–H and O–H groups in total. The summed E-state index contributed by atoms with van der Waals surface area (Å²) < 4.78 is 10.2. The largest absolute Gasteiger partial charge is 0.479 e. The maximum Gasteiger partial charge on any atom is 0.291 e. The van der Waals surface area contributed by atoms with Crippen LogP contribution in [0.25, 0.3) is 6.08 Å². The van der Waals surface area contributed by atoms with E-state index in [-0.39, 0.29) is 24.2 Å². The Bertz CT molecular complexity index is 1030. The maximum absolute atomic E-state index is 12.1. The van der Waals surface area contributed by atoms with Gasteiger partial charge in [-0.25, -0.2) is 0 Å². The Morgan fingerprint density at radius 3 is 2.31 bits per heavy atom. The van der Waals surface area contributed by atoms with Crippen LogP contribution in [0.1, 0.15) is 16.1 Å². The van der Waals surface area contributed by atoms with Gasteiger partial charge in [-0.1, -0.05) is 12.1 Å². The number of furan rings is 1. The van der Waals surface area contributed by atoms with Crippen molar-refractivity contribution in [2.75, 3.05) is 17.2 Å². The summed E-state index contributed by atoms with van der Waals surface area (Å²) >= 11 is 0. The van der Waals surface area contributed by atoms with Crippen LogP contribution in [0.5, 0.6) is 5.75 Å². The van der Waals surface area contributed by atoms with Gasteiger partial charge in [-0.05, 0) is 60.2 Å². The van der Waals surface area contributed by atoms with Crippen LogP contribution in [-0.4, -0.2) is 18.4 Å². The summed E-state index contributed by atoms with van der Waals surface area (Å²) in [5.41, 5.74) is 2.00. The monoisotopic (exact) mass is 387 g/mol. The van der Waals surface area contributed by atoms with Crippen LogP contribution < -0.4 is 15.4 Å². The predicted molar refractivity (Wildman–Crippen MR) is 108 cm³/mol. The third-order valence-electron chi connectivity index (χ3n) is 3.77. The van der Waals surface area contributed by atoms with E-state index >= 15 is 0 Å². The molecule has 0 aliphatic rings. The molecule has 2 amide bonds. The Hall–Kier alpha value is -4.31. The van der Waals surface area contributed by atoms with Crippen molar-refractivity contribution in [2.45, 2.75) is 0 Å². The number of amides is 2. The van der Waals surface area contributed by atoms with Gasteiger partial charge in [-0.3, -0.25) is 9.59 Å². The number of rotatable bonds is 7. The van der Waals surface area contributed by atoms with Gasteiger partial charge in [0.15, 0.2) is 12.4 Å². The number of nitriles is 1.